The lowest BCUT2D eigenvalue weighted by atomic mass is 10.2. The molecule has 0 radical (unpaired) electrons. The molecule has 0 aromatic heterocycles. The van der Waals surface area contributed by atoms with E-state index in [1.54, 1.807) is 13.1 Å². The summed E-state index contributed by atoms with van der Waals surface area (Å²) in [7, 11) is 1.57. The van der Waals surface area contributed by atoms with E-state index in [-0.39, 0.29) is 11.8 Å². The lowest BCUT2D eigenvalue weighted by molar-refractivity contribution is -0.120. The maximum atomic E-state index is 11.7. The molecule has 0 bridgehead atoms. The van der Waals surface area contributed by atoms with Crippen LogP contribution < -0.4 is 10.6 Å². The van der Waals surface area contributed by atoms with Gasteiger partial charge in [-0.3, -0.25) is 9.59 Å². The summed E-state index contributed by atoms with van der Waals surface area (Å²) < 4.78 is 0.901. The zero-order valence-electron chi connectivity index (χ0n) is 8.92. The van der Waals surface area contributed by atoms with Crippen molar-refractivity contribution in [1.82, 2.24) is 10.6 Å². The molecular formula is C11H13IN2O2. The average Bonchev–Trinajstić information content (AvgIpc) is 2.29. The molecule has 0 unspecified atom stereocenters. The van der Waals surface area contributed by atoms with Crippen LogP contribution in [0, 0.1) is 3.57 Å². The van der Waals surface area contributed by atoms with Crippen molar-refractivity contribution in [3.05, 3.63) is 33.4 Å². The summed E-state index contributed by atoms with van der Waals surface area (Å²) in [6, 6.07) is 7.32. The second kappa shape index (κ2) is 6.47. The van der Waals surface area contributed by atoms with E-state index in [9.17, 15) is 9.59 Å². The first-order valence-corrected chi connectivity index (χ1v) is 5.96. The molecule has 0 aliphatic rings. The van der Waals surface area contributed by atoms with Crippen LogP contribution in [-0.4, -0.2) is 25.4 Å². The molecule has 0 spiro atoms. The van der Waals surface area contributed by atoms with E-state index < -0.39 is 0 Å². The van der Waals surface area contributed by atoms with Crippen molar-refractivity contribution in [2.45, 2.75) is 6.42 Å². The number of nitrogens with one attached hydrogen (secondary N) is 2. The minimum atomic E-state index is -0.145. The quantitative estimate of drug-likeness (QED) is 0.813. The monoisotopic (exact) mass is 332 g/mol. The SMILES string of the molecule is CNC(=O)CCNC(=O)c1ccccc1I. The van der Waals surface area contributed by atoms with E-state index in [0.717, 1.165) is 3.57 Å². The van der Waals surface area contributed by atoms with Gasteiger partial charge in [-0.15, -0.1) is 0 Å². The van der Waals surface area contributed by atoms with Crippen LogP contribution in [0.2, 0.25) is 0 Å². The number of hydrogen-bond donors (Lipinski definition) is 2. The summed E-state index contributed by atoms with van der Waals surface area (Å²) >= 11 is 2.11. The molecule has 2 amide bonds. The predicted octanol–water partition coefficient (Wildman–Crippen LogP) is 1.16. The Balaban J connectivity index is 2.47. The van der Waals surface area contributed by atoms with Crippen LogP contribution in [-0.2, 0) is 4.79 Å². The zero-order valence-corrected chi connectivity index (χ0v) is 11.1. The summed E-state index contributed by atoms with van der Waals surface area (Å²) in [4.78, 5) is 22.6. The number of amides is 2. The van der Waals surface area contributed by atoms with Crippen molar-refractivity contribution in [3.63, 3.8) is 0 Å². The summed E-state index contributed by atoms with van der Waals surface area (Å²) in [5.41, 5.74) is 0.639. The number of benzene rings is 1. The Hall–Kier alpha value is -1.11. The Morgan fingerprint density at radius 3 is 2.62 bits per heavy atom. The zero-order chi connectivity index (χ0) is 12.0. The highest BCUT2D eigenvalue weighted by Gasteiger charge is 2.08. The second-order valence-electron chi connectivity index (χ2n) is 3.16. The number of hydrogen-bond acceptors (Lipinski definition) is 2. The Bertz CT molecular complexity index is 393. The first-order valence-electron chi connectivity index (χ1n) is 4.88. The summed E-state index contributed by atoms with van der Waals surface area (Å²) in [5, 5.41) is 5.20. The fourth-order valence-electron chi connectivity index (χ4n) is 1.16. The standard InChI is InChI=1S/C11H13IN2O2/c1-13-10(15)6-7-14-11(16)8-4-2-3-5-9(8)12/h2-5H,6-7H2,1H3,(H,13,15)(H,14,16). The maximum absolute atomic E-state index is 11.7. The van der Waals surface area contributed by atoms with Crippen molar-refractivity contribution in [2.24, 2.45) is 0 Å². The first-order chi connectivity index (χ1) is 7.65. The van der Waals surface area contributed by atoms with Crippen LogP contribution in [0.1, 0.15) is 16.8 Å². The number of carbonyl (C=O) groups excluding carboxylic acids is 2. The fourth-order valence-corrected chi connectivity index (χ4v) is 1.79. The van der Waals surface area contributed by atoms with Crippen LogP contribution in [0.15, 0.2) is 24.3 Å². The summed E-state index contributed by atoms with van der Waals surface area (Å²) in [5.74, 6) is -0.225. The molecule has 1 aromatic carbocycles. The average molecular weight is 332 g/mol. The third-order valence-electron chi connectivity index (χ3n) is 2.03. The minimum absolute atomic E-state index is 0.0805. The van der Waals surface area contributed by atoms with E-state index in [1.807, 2.05) is 18.2 Å². The number of carbonyl (C=O) groups is 2. The van der Waals surface area contributed by atoms with Gasteiger partial charge in [0.05, 0.1) is 5.56 Å². The van der Waals surface area contributed by atoms with Crippen LogP contribution in [0.5, 0.6) is 0 Å². The highest BCUT2D eigenvalue weighted by atomic mass is 127. The van der Waals surface area contributed by atoms with Crippen LogP contribution in [0.3, 0.4) is 0 Å². The lowest BCUT2D eigenvalue weighted by Gasteiger charge is -2.06. The molecule has 0 fully saturated rings. The minimum Gasteiger partial charge on any atom is -0.359 e. The van der Waals surface area contributed by atoms with Crippen molar-refractivity contribution in [2.75, 3.05) is 13.6 Å². The highest BCUT2D eigenvalue weighted by molar-refractivity contribution is 14.1. The molecule has 2 N–H and O–H groups in total. The van der Waals surface area contributed by atoms with Crippen molar-refractivity contribution < 1.29 is 9.59 Å². The third-order valence-corrected chi connectivity index (χ3v) is 2.98. The topological polar surface area (TPSA) is 58.2 Å². The van der Waals surface area contributed by atoms with Gasteiger partial charge in [-0.05, 0) is 34.7 Å². The highest BCUT2D eigenvalue weighted by Crippen LogP contribution is 2.10. The number of rotatable bonds is 4. The molecule has 1 rings (SSSR count). The molecule has 5 heteroatoms. The molecule has 0 saturated heterocycles. The van der Waals surface area contributed by atoms with E-state index in [2.05, 4.69) is 33.2 Å². The van der Waals surface area contributed by atoms with Crippen molar-refractivity contribution in [3.8, 4) is 0 Å². The smallest absolute Gasteiger partial charge is 0.252 e. The number of halogens is 1. The van der Waals surface area contributed by atoms with Gasteiger partial charge in [0.2, 0.25) is 5.91 Å². The Morgan fingerprint density at radius 2 is 2.00 bits per heavy atom. The summed E-state index contributed by atoms with van der Waals surface area (Å²) in [6.07, 6.45) is 0.297. The van der Waals surface area contributed by atoms with Crippen molar-refractivity contribution >= 4 is 34.4 Å². The normalized spacial score (nSPS) is 9.62. The molecule has 86 valence electrons. The lowest BCUT2D eigenvalue weighted by Crippen LogP contribution is -2.29. The van der Waals surface area contributed by atoms with Gasteiger partial charge in [-0.1, -0.05) is 12.1 Å². The molecule has 0 atom stereocenters. The molecule has 4 nitrogen and oxygen atoms in total. The molecule has 0 heterocycles. The molecule has 1 aromatic rings. The van der Waals surface area contributed by atoms with E-state index in [4.69, 9.17) is 0 Å². The third kappa shape index (κ3) is 3.80. The molecular weight excluding hydrogens is 319 g/mol. The van der Waals surface area contributed by atoms with Gasteiger partial charge in [-0.25, -0.2) is 0 Å². The summed E-state index contributed by atoms with van der Waals surface area (Å²) in [6.45, 7) is 0.351. The molecule has 0 aliphatic carbocycles. The maximum Gasteiger partial charge on any atom is 0.252 e. The van der Waals surface area contributed by atoms with Gasteiger partial charge < -0.3 is 10.6 Å². The van der Waals surface area contributed by atoms with Crippen LogP contribution in [0.4, 0.5) is 0 Å². The first kappa shape index (κ1) is 13.0. The largest absolute Gasteiger partial charge is 0.359 e. The molecule has 0 aliphatic heterocycles. The van der Waals surface area contributed by atoms with Crippen LogP contribution >= 0.6 is 22.6 Å². The van der Waals surface area contributed by atoms with Gasteiger partial charge in [0.25, 0.3) is 5.91 Å². The van der Waals surface area contributed by atoms with E-state index >= 15 is 0 Å². The Labute approximate surface area is 108 Å². The molecule has 16 heavy (non-hydrogen) atoms. The van der Waals surface area contributed by atoms with Gasteiger partial charge in [-0.2, -0.15) is 0 Å². The van der Waals surface area contributed by atoms with Gasteiger partial charge in [0.1, 0.15) is 0 Å². The molecule has 0 saturated carbocycles. The van der Waals surface area contributed by atoms with Gasteiger partial charge in [0.15, 0.2) is 0 Å². The van der Waals surface area contributed by atoms with E-state index in [0.29, 0.717) is 18.5 Å². The second-order valence-corrected chi connectivity index (χ2v) is 4.32. The van der Waals surface area contributed by atoms with Gasteiger partial charge in [0, 0.05) is 23.6 Å². The Kier molecular flexibility index (Phi) is 5.24. The Morgan fingerprint density at radius 1 is 1.31 bits per heavy atom. The van der Waals surface area contributed by atoms with E-state index in [1.165, 1.54) is 0 Å². The predicted molar refractivity (Wildman–Crippen MR) is 70.2 cm³/mol. The fraction of sp³-hybridized carbons (Fsp3) is 0.273. The van der Waals surface area contributed by atoms with Crippen molar-refractivity contribution in [1.29, 1.82) is 0 Å². The van der Waals surface area contributed by atoms with Crippen LogP contribution in [0.25, 0.3) is 0 Å². The van der Waals surface area contributed by atoms with Gasteiger partial charge >= 0.3 is 0 Å².